The van der Waals surface area contributed by atoms with Crippen molar-refractivity contribution in [3.63, 3.8) is 0 Å². The summed E-state index contributed by atoms with van der Waals surface area (Å²) in [7, 11) is 0. The van der Waals surface area contributed by atoms with Gasteiger partial charge in [-0.2, -0.15) is 0 Å². The largest absolute Gasteiger partial charge is 0.321 e. The van der Waals surface area contributed by atoms with Gasteiger partial charge >= 0.3 is 0 Å². The number of benzene rings is 1. The van der Waals surface area contributed by atoms with Crippen molar-refractivity contribution < 1.29 is 0 Å². The Labute approximate surface area is 118 Å². The summed E-state index contributed by atoms with van der Waals surface area (Å²) in [5, 5.41) is 0. The van der Waals surface area contributed by atoms with Crippen molar-refractivity contribution >= 4 is 0 Å². The monoisotopic (exact) mass is 259 g/mol. The lowest BCUT2D eigenvalue weighted by Gasteiger charge is -2.29. The first-order valence-electron chi connectivity index (χ1n) is 7.93. The first-order chi connectivity index (χ1) is 9.05. The summed E-state index contributed by atoms with van der Waals surface area (Å²) in [6.45, 7) is 6.90. The Morgan fingerprint density at radius 1 is 1.16 bits per heavy atom. The highest BCUT2D eigenvalue weighted by molar-refractivity contribution is 5.28. The van der Waals surface area contributed by atoms with Crippen LogP contribution in [0.5, 0.6) is 0 Å². The number of rotatable bonds is 3. The van der Waals surface area contributed by atoms with Gasteiger partial charge in [0, 0.05) is 5.54 Å². The van der Waals surface area contributed by atoms with E-state index in [2.05, 4.69) is 45.0 Å². The molecule has 1 saturated carbocycles. The molecular weight excluding hydrogens is 230 g/mol. The predicted octanol–water partition coefficient (Wildman–Crippen LogP) is 4.64. The zero-order chi connectivity index (χ0) is 13.9. The summed E-state index contributed by atoms with van der Waals surface area (Å²) in [6, 6.07) is 9.01. The zero-order valence-corrected chi connectivity index (χ0v) is 12.8. The van der Waals surface area contributed by atoms with E-state index in [1.54, 1.807) is 0 Å². The van der Waals surface area contributed by atoms with Crippen LogP contribution in [-0.2, 0) is 12.0 Å². The molecule has 1 aliphatic rings. The second kappa shape index (κ2) is 6.09. The van der Waals surface area contributed by atoms with E-state index in [0.29, 0.717) is 0 Å². The van der Waals surface area contributed by atoms with Crippen molar-refractivity contribution in [2.75, 3.05) is 0 Å². The van der Waals surface area contributed by atoms with E-state index in [1.165, 1.54) is 30.4 Å². The van der Waals surface area contributed by atoms with Gasteiger partial charge in [-0.05, 0) is 48.6 Å². The smallest absolute Gasteiger partial charge is 0.0409 e. The molecule has 2 N–H and O–H groups in total. The molecule has 0 spiro atoms. The van der Waals surface area contributed by atoms with E-state index >= 15 is 0 Å². The highest BCUT2D eigenvalue weighted by atomic mass is 14.7. The molecule has 0 saturated heterocycles. The maximum Gasteiger partial charge on any atom is 0.0409 e. The van der Waals surface area contributed by atoms with E-state index in [0.717, 1.165) is 31.1 Å². The van der Waals surface area contributed by atoms with Gasteiger partial charge in [0.1, 0.15) is 0 Å². The van der Waals surface area contributed by atoms with Crippen LogP contribution in [-0.4, -0.2) is 0 Å². The van der Waals surface area contributed by atoms with E-state index in [1.807, 2.05) is 0 Å². The minimum atomic E-state index is -0.0874. The van der Waals surface area contributed by atoms with Gasteiger partial charge in [-0.15, -0.1) is 0 Å². The Balaban J connectivity index is 2.12. The van der Waals surface area contributed by atoms with Crippen molar-refractivity contribution in [2.45, 2.75) is 64.8 Å². The SMILES string of the molecule is CCc1ccc(C2(N)CCCC(C(C)C)CC2)cc1. The molecule has 1 nitrogen and oxygen atoms in total. The Morgan fingerprint density at radius 2 is 1.84 bits per heavy atom. The van der Waals surface area contributed by atoms with Crippen molar-refractivity contribution in [1.29, 1.82) is 0 Å². The molecule has 1 aromatic carbocycles. The Kier molecular flexibility index (Phi) is 4.67. The summed E-state index contributed by atoms with van der Waals surface area (Å²) in [4.78, 5) is 0. The molecular formula is C18H29N. The van der Waals surface area contributed by atoms with E-state index in [-0.39, 0.29) is 5.54 Å². The highest BCUT2D eigenvalue weighted by Crippen LogP contribution is 2.38. The van der Waals surface area contributed by atoms with Crippen LogP contribution >= 0.6 is 0 Å². The van der Waals surface area contributed by atoms with Crippen molar-refractivity contribution in [1.82, 2.24) is 0 Å². The average Bonchev–Trinajstić information content (AvgIpc) is 2.62. The zero-order valence-electron chi connectivity index (χ0n) is 12.8. The lowest BCUT2D eigenvalue weighted by Crippen LogP contribution is -2.36. The summed E-state index contributed by atoms with van der Waals surface area (Å²) < 4.78 is 0. The molecule has 0 aliphatic heterocycles. The fourth-order valence-corrected chi connectivity index (χ4v) is 3.42. The van der Waals surface area contributed by atoms with Crippen LogP contribution in [0.3, 0.4) is 0 Å². The normalized spacial score (nSPS) is 28.4. The topological polar surface area (TPSA) is 26.0 Å². The summed E-state index contributed by atoms with van der Waals surface area (Å²) in [5.41, 5.74) is 9.39. The number of hydrogen-bond acceptors (Lipinski definition) is 1. The summed E-state index contributed by atoms with van der Waals surface area (Å²) >= 11 is 0. The van der Waals surface area contributed by atoms with Crippen molar-refractivity contribution in [2.24, 2.45) is 17.6 Å². The third-order valence-corrected chi connectivity index (χ3v) is 5.04. The number of nitrogens with two attached hydrogens (primary N) is 1. The predicted molar refractivity (Wildman–Crippen MR) is 83.1 cm³/mol. The number of aryl methyl sites for hydroxylation is 1. The highest BCUT2D eigenvalue weighted by Gasteiger charge is 2.31. The van der Waals surface area contributed by atoms with E-state index in [9.17, 15) is 0 Å². The molecule has 0 heterocycles. The minimum Gasteiger partial charge on any atom is -0.321 e. The maximum atomic E-state index is 6.73. The maximum absolute atomic E-state index is 6.73. The van der Waals surface area contributed by atoms with Gasteiger partial charge in [0.05, 0.1) is 0 Å². The van der Waals surface area contributed by atoms with Crippen LogP contribution < -0.4 is 5.73 Å². The lowest BCUT2D eigenvalue weighted by atomic mass is 9.82. The molecule has 2 rings (SSSR count). The lowest BCUT2D eigenvalue weighted by molar-refractivity contribution is 0.325. The number of hydrogen-bond donors (Lipinski definition) is 1. The third kappa shape index (κ3) is 3.39. The molecule has 0 aromatic heterocycles. The van der Waals surface area contributed by atoms with Gasteiger partial charge < -0.3 is 5.73 Å². The molecule has 1 fully saturated rings. The van der Waals surface area contributed by atoms with Gasteiger partial charge in [0.15, 0.2) is 0 Å². The second-order valence-electron chi connectivity index (χ2n) is 6.64. The molecule has 106 valence electrons. The molecule has 19 heavy (non-hydrogen) atoms. The average molecular weight is 259 g/mol. The fraction of sp³-hybridized carbons (Fsp3) is 0.667. The van der Waals surface area contributed by atoms with Gasteiger partial charge in [0.2, 0.25) is 0 Å². The second-order valence-corrected chi connectivity index (χ2v) is 6.64. The molecule has 2 atom stereocenters. The quantitative estimate of drug-likeness (QED) is 0.786. The van der Waals surface area contributed by atoms with Crippen LogP contribution in [0, 0.1) is 11.8 Å². The molecule has 1 aliphatic carbocycles. The fourth-order valence-electron chi connectivity index (χ4n) is 3.42. The van der Waals surface area contributed by atoms with Gasteiger partial charge in [-0.1, -0.05) is 57.9 Å². The standard InChI is InChI=1S/C18H29N/c1-4-15-7-9-17(10-8-15)18(19)12-5-6-16(11-13-18)14(2)3/h7-10,14,16H,4-6,11-13,19H2,1-3H3. The molecule has 0 bridgehead atoms. The summed E-state index contributed by atoms with van der Waals surface area (Å²) in [6.07, 6.45) is 7.29. The van der Waals surface area contributed by atoms with Gasteiger partial charge in [-0.25, -0.2) is 0 Å². The summed E-state index contributed by atoms with van der Waals surface area (Å²) in [5.74, 6) is 1.66. The Bertz CT molecular complexity index is 393. The van der Waals surface area contributed by atoms with Gasteiger partial charge in [0.25, 0.3) is 0 Å². The molecule has 0 amide bonds. The first kappa shape index (κ1) is 14.6. The van der Waals surface area contributed by atoms with Crippen LogP contribution in [0.1, 0.15) is 64.0 Å². The van der Waals surface area contributed by atoms with Crippen LogP contribution in [0.15, 0.2) is 24.3 Å². The first-order valence-corrected chi connectivity index (χ1v) is 7.93. The van der Waals surface area contributed by atoms with E-state index in [4.69, 9.17) is 5.73 Å². The molecule has 1 heteroatoms. The van der Waals surface area contributed by atoms with Gasteiger partial charge in [-0.3, -0.25) is 0 Å². The Morgan fingerprint density at radius 3 is 2.42 bits per heavy atom. The minimum absolute atomic E-state index is 0.0874. The molecule has 1 aromatic rings. The van der Waals surface area contributed by atoms with Crippen molar-refractivity contribution in [3.8, 4) is 0 Å². The van der Waals surface area contributed by atoms with Crippen LogP contribution in [0.2, 0.25) is 0 Å². The molecule has 2 unspecified atom stereocenters. The van der Waals surface area contributed by atoms with E-state index < -0.39 is 0 Å². The van der Waals surface area contributed by atoms with Crippen molar-refractivity contribution in [3.05, 3.63) is 35.4 Å². The molecule has 0 radical (unpaired) electrons. The Hall–Kier alpha value is -0.820. The third-order valence-electron chi connectivity index (χ3n) is 5.04. The van der Waals surface area contributed by atoms with Crippen LogP contribution in [0.25, 0.3) is 0 Å². The van der Waals surface area contributed by atoms with Crippen LogP contribution in [0.4, 0.5) is 0 Å².